The largest absolute Gasteiger partial charge is 0.418 e. The molecule has 1 aromatic carbocycles. The summed E-state index contributed by atoms with van der Waals surface area (Å²) in [7, 11) is 0. The lowest BCUT2D eigenvalue weighted by Crippen LogP contribution is -2.39. The van der Waals surface area contributed by atoms with Crippen LogP contribution in [0.4, 0.5) is 24.5 Å². The molecule has 2 aromatic rings. The average Bonchev–Trinajstić information content (AvgIpc) is 2.61. The number of rotatable bonds is 3. The molecule has 1 aliphatic heterocycles. The van der Waals surface area contributed by atoms with Gasteiger partial charge >= 0.3 is 6.18 Å². The third-order valence-corrected chi connectivity index (χ3v) is 4.44. The first kappa shape index (κ1) is 18.2. The van der Waals surface area contributed by atoms with E-state index in [-0.39, 0.29) is 11.6 Å². The first-order valence-electron chi connectivity index (χ1n) is 8.53. The zero-order valence-electron chi connectivity index (χ0n) is 14.4. The minimum atomic E-state index is -4.45. The molecule has 1 saturated heterocycles. The van der Waals surface area contributed by atoms with Gasteiger partial charge in [0.1, 0.15) is 5.69 Å². The molecule has 7 heteroatoms. The second-order valence-corrected chi connectivity index (χ2v) is 6.60. The van der Waals surface area contributed by atoms with Crippen LogP contribution in [0.3, 0.4) is 0 Å². The fourth-order valence-electron chi connectivity index (χ4n) is 3.12. The Morgan fingerprint density at radius 2 is 2.00 bits per heavy atom. The molecule has 0 saturated carbocycles. The lowest BCUT2D eigenvalue weighted by atomic mass is 10.00. The van der Waals surface area contributed by atoms with Gasteiger partial charge in [-0.05, 0) is 43.0 Å². The highest BCUT2D eigenvalue weighted by molar-refractivity contribution is 5.92. The van der Waals surface area contributed by atoms with E-state index in [1.807, 2.05) is 0 Å². The molecule has 0 aliphatic carbocycles. The fourth-order valence-corrected chi connectivity index (χ4v) is 3.12. The Hall–Kier alpha value is -2.57. The van der Waals surface area contributed by atoms with Crippen LogP contribution >= 0.6 is 0 Å². The summed E-state index contributed by atoms with van der Waals surface area (Å²) in [5.74, 6) is 0.325. The minimum Gasteiger partial charge on any atom is -0.354 e. The molecule has 2 heterocycles. The molecule has 138 valence electrons. The van der Waals surface area contributed by atoms with Gasteiger partial charge in [0, 0.05) is 13.1 Å². The minimum absolute atomic E-state index is 0.0502. The number of nitrogens with zero attached hydrogens (tertiary/aromatic N) is 2. The molecule has 1 amide bonds. The van der Waals surface area contributed by atoms with Gasteiger partial charge in [-0.2, -0.15) is 13.2 Å². The number of amides is 1. The van der Waals surface area contributed by atoms with Crippen LogP contribution in [-0.2, 0) is 6.18 Å². The number of aromatic nitrogens is 1. The summed E-state index contributed by atoms with van der Waals surface area (Å²) < 4.78 is 39.2. The molecular weight excluding hydrogens is 343 g/mol. The van der Waals surface area contributed by atoms with Crippen LogP contribution in [-0.4, -0.2) is 28.9 Å². The third-order valence-electron chi connectivity index (χ3n) is 4.44. The predicted octanol–water partition coefficient (Wildman–Crippen LogP) is 4.72. The summed E-state index contributed by atoms with van der Waals surface area (Å²) in [6.45, 7) is 3.53. The standard InChI is InChI=1S/C19H20F3N3O/c1-13-5-4-10-25(12-13)18(26)17-9-8-14(11-23-17)24-16-7-3-2-6-15(16)19(20,21)22/h2-3,6-9,11,13,24H,4-5,10,12H2,1H3. The maximum atomic E-state index is 13.1. The highest BCUT2D eigenvalue weighted by atomic mass is 19.4. The monoisotopic (exact) mass is 363 g/mol. The number of anilines is 2. The Labute approximate surface area is 150 Å². The molecule has 1 atom stereocenters. The van der Waals surface area contributed by atoms with Crippen LogP contribution in [0.2, 0.25) is 0 Å². The van der Waals surface area contributed by atoms with Crippen LogP contribution in [0.5, 0.6) is 0 Å². The Balaban J connectivity index is 1.74. The van der Waals surface area contributed by atoms with Crippen LogP contribution in [0.1, 0.15) is 35.8 Å². The molecule has 1 fully saturated rings. The molecule has 3 rings (SSSR count). The van der Waals surface area contributed by atoms with Gasteiger partial charge < -0.3 is 10.2 Å². The number of carbonyl (C=O) groups is 1. The van der Waals surface area contributed by atoms with Crippen LogP contribution in [0.15, 0.2) is 42.6 Å². The van der Waals surface area contributed by atoms with Gasteiger partial charge in [-0.3, -0.25) is 4.79 Å². The molecule has 4 nitrogen and oxygen atoms in total. The van der Waals surface area contributed by atoms with Crippen LogP contribution < -0.4 is 5.32 Å². The van der Waals surface area contributed by atoms with Crippen molar-refractivity contribution in [2.24, 2.45) is 5.92 Å². The molecule has 1 unspecified atom stereocenters. The Kier molecular flexibility index (Phi) is 5.15. The first-order valence-corrected chi connectivity index (χ1v) is 8.53. The number of alkyl halides is 3. The predicted molar refractivity (Wildman–Crippen MR) is 93.3 cm³/mol. The molecule has 0 bridgehead atoms. The van der Waals surface area contributed by atoms with Crippen molar-refractivity contribution in [1.29, 1.82) is 0 Å². The van der Waals surface area contributed by atoms with Crippen molar-refractivity contribution in [2.75, 3.05) is 18.4 Å². The van der Waals surface area contributed by atoms with Gasteiger partial charge in [0.25, 0.3) is 5.91 Å². The number of nitrogens with one attached hydrogen (secondary N) is 1. The van der Waals surface area contributed by atoms with E-state index in [9.17, 15) is 18.0 Å². The zero-order valence-corrected chi connectivity index (χ0v) is 14.4. The van der Waals surface area contributed by atoms with Crippen molar-refractivity contribution in [3.05, 3.63) is 53.9 Å². The number of piperidine rings is 1. The van der Waals surface area contributed by atoms with E-state index in [1.54, 1.807) is 17.0 Å². The van der Waals surface area contributed by atoms with Crippen LogP contribution in [0, 0.1) is 5.92 Å². The maximum Gasteiger partial charge on any atom is 0.418 e. The van der Waals surface area contributed by atoms with E-state index in [0.717, 1.165) is 18.9 Å². The first-order chi connectivity index (χ1) is 12.3. The number of likely N-dealkylation sites (tertiary alicyclic amines) is 1. The van der Waals surface area contributed by atoms with Gasteiger partial charge in [-0.15, -0.1) is 0 Å². The van der Waals surface area contributed by atoms with Crippen molar-refractivity contribution in [3.63, 3.8) is 0 Å². The number of hydrogen-bond donors (Lipinski definition) is 1. The van der Waals surface area contributed by atoms with Crippen LogP contribution in [0.25, 0.3) is 0 Å². The fraction of sp³-hybridized carbons (Fsp3) is 0.368. The number of carbonyl (C=O) groups excluding carboxylic acids is 1. The number of benzene rings is 1. The van der Waals surface area contributed by atoms with E-state index in [4.69, 9.17) is 0 Å². The quantitative estimate of drug-likeness (QED) is 0.859. The van der Waals surface area contributed by atoms with Crippen molar-refractivity contribution >= 4 is 17.3 Å². The third kappa shape index (κ3) is 4.15. The lowest BCUT2D eigenvalue weighted by molar-refractivity contribution is -0.136. The number of halogens is 3. The number of pyridine rings is 1. The number of para-hydroxylation sites is 1. The molecular formula is C19H20F3N3O. The summed E-state index contributed by atoms with van der Waals surface area (Å²) >= 11 is 0. The van der Waals surface area contributed by atoms with Gasteiger partial charge in [0.05, 0.1) is 23.1 Å². The zero-order chi connectivity index (χ0) is 18.7. The molecule has 26 heavy (non-hydrogen) atoms. The molecule has 1 aliphatic rings. The van der Waals surface area contributed by atoms with Gasteiger partial charge in [0.2, 0.25) is 0 Å². The smallest absolute Gasteiger partial charge is 0.354 e. The van der Waals surface area contributed by atoms with E-state index >= 15 is 0 Å². The highest BCUT2D eigenvalue weighted by Crippen LogP contribution is 2.35. The summed E-state index contributed by atoms with van der Waals surface area (Å²) in [5.41, 5.74) is -0.104. The average molecular weight is 363 g/mol. The van der Waals surface area contributed by atoms with Crippen molar-refractivity contribution in [1.82, 2.24) is 9.88 Å². The van der Waals surface area contributed by atoms with Crippen molar-refractivity contribution < 1.29 is 18.0 Å². The Bertz CT molecular complexity index is 774. The summed E-state index contributed by atoms with van der Waals surface area (Å²) in [6.07, 6.45) is -0.981. The van der Waals surface area contributed by atoms with E-state index in [1.165, 1.54) is 24.4 Å². The summed E-state index contributed by atoms with van der Waals surface area (Å²) in [6, 6.07) is 8.36. The Morgan fingerprint density at radius 1 is 1.23 bits per heavy atom. The molecule has 0 spiro atoms. The normalized spacial score (nSPS) is 17.8. The summed E-state index contributed by atoms with van der Waals surface area (Å²) in [5, 5.41) is 2.72. The highest BCUT2D eigenvalue weighted by Gasteiger charge is 2.33. The second-order valence-electron chi connectivity index (χ2n) is 6.60. The Morgan fingerprint density at radius 3 is 2.65 bits per heavy atom. The lowest BCUT2D eigenvalue weighted by Gasteiger charge is -2.30. The van der Waals surface area contributed by atoms with E-state index in [2.05, 4.69) is 17.2 Å². The van der Waals surface area contributed by atoms with Gasteiger partial charge in [-0.1, -0.05) is 19.1 Å². The number of hydrogen-bond acceptors (Lipinski definition) is 3. The second kappa shape index (κ2) is 7.35. The molecule has 1 aromatic heterocycles. The van der Waals surface area contributed by atoms with Crippen molar-refractivity contribution in [2.45, 2.75) is 25.9 Å². The molecule has 1 N–H and O–H groups in total. The van der Waals surface area contributed by atoms with E-state index < -0.39 is 11.7 Å². The SMILES string of the molecule is CC1CCCN(C(=O)c2ccc(Nc3ccccc3C(F)(F)F)cn2)C1. The van der Waals surface area contributed by atoms with Gasteiger partial charge in [0.15, 0.2) is 0 Å². The molecule has 0 radical (unpaired) electrons. The van der Waals surface area contributed by atoms with E-state index in [0.29, 0.717) is 30.4 Å². The topological polar surface area (TPSA) is 45.2 Å². The maximum absolute atomic E-state index is 13.1. The van der Waals surface area contributed by atoms with Crippen molar-refractivity contribution in [3.8, 4) is 0 Å². The summed E-state index contributed by atoms with van der Waals surface area (Å²) in [4.78, 5) is 18.4. The van der Waals surface area contributed by atoms with Gasteiger partial charge in [-0.25, -0.2) is 4.98 Å².